The number of thiazole rings is 1. The average molecular weight is 395 g/mol. The van der Waals surface area contributed by atoms with Crippen LogP contribution < -0.4 is 5.32 Å². The molecule has 5 aromatic rings. The number of rotatable bonds is 4. The molecule has 140 valence electrons. The van der Waals surface area contributed by atoms with Gasteiger partial charge in [0.15, 0.2) is 4.96 Å². The Morgan fingerprint density at radius 2 is 1.59 bits per heavy atom. The number of aromatic nitrogens is 2. The van der Waals surface area contributed by atoms with E-state index in [1.54, 1.807) is 11.3 Å². The lowest BCUT2D eigenvalue weighted by atomic mass is 10.0. The van der Waals surface area contributed by atoms with Gasteiger partial charge in [-0.2, -0.15) is 0 Å². The molecule has 4 nitrogen and oxygen atoms in total. The smallest absolute Gasteiger partial charge is 0.255 e. The third kappa shape index (κ3) is 3.44. The van der Waals surface area contributed by atoms with Gasteiger partial charge in [-0.05, 0) is 29.3 Å². The zero-order chi connectivity index (χ0) is 19.6. The Bertz CT molecular complexity index is 1260. The van der Waals surface area contributed by atoms with Gasteiger partial charge in [0.1, 0.15) is 0 Å². The lowest BCUT2D eigenvalue weighted by Crippen LogP contribution is -2.12. The van der Waals surface area contributed by atoms with Gasteiger partial charge in [0.25, 0.3) is 5.91 Å². The molecule has 1 amide bonds. The Balaban J connectivity index is 1.40. The number of hydrogen-bond acceptors (Lipinski definition) is 3. The minimum Gasteiger partial charge on any atom is -0.321 e. The van der Waals surface area contributed by atoms with E-state index >= 15 is 0 Å². The van der Waals surface area contributed by atoms with E-state index in [1.165, 1.54) is 0 Å². The highest BCUT2D eigenvalue weighted by molar-refractivity contribution is 7.15. The molecule has 2 heterocycles. The van der Waals surface area contributed by atoms with E-state index in [1.807, 2.05) is 88.9 Å². The van der Waals surface area contributed by atoms with Crippen molar-refractivity contribution in [2.45, 2.75) is 0 Å². The minimum atomic E-state index is -0.141. The summed E-state index contributed by atoms with van der Waals surface area (Å²) in [6.07, 6.45) is 3.96. The van der Waals surface area contributed by atoms with Crippen molar-refractivity contribution in [1.82, 2.24) is 9.38 Å². The highest BCUT2D eigenvalue weighted by atomic mass is 32.1. The molecule has 0 bridgehead atoms. The molecular formula is C24H17N3OS. The van der Waals surface area contributed by atoms with Gasteiger partial charge < -0.3 is 5.32 Å². The summed E-state index contributed by atoms with van der Waals surface area (Å²) in [4.78, 5) is 18.4. The van der Waals surface area contributed by atoms with Crippen LogP contribution in [0.25, 0.3) is 27.3 Å². The van der Waals surface area contributed by atoms with Gasteiger partial charge >= 0.3 is 0 Å². The van der Waals surface area contributed by atoms with Crippen LogP contribution in [0, 0.1) is 0 Å². The zero-order valence-corrected chi connectivity index (χ0v) is 16.3. The number of hydrogen-bond donors (Lipinski definition) is 1. The molecule has 0 saturated heterocycles. The molecule has 0 fully saturated rings. The second kappa shape index (κ2) is 7.37. The molecule has 5 rings (SSSR count). The third-order valence-corrected chi connectivity index (χ3v) is 5.57. The van der Waals surface area contributed by atoms with Crippen LogP contribution in [0.5, 0.6) is 0 Å². The molecule has 0 unspecified atom stereocenters. The molecule has 0 aliphatic rings. The first-order valence-electron chi connectivity index (χ1n) is 9.26. The lowest BCUT2D eigenvalue weighted by Gasteiger charge is -2.10. The van der Waals surface area contributed by atoms with Crippen LogP contribution in [0.1, 0.15) is 10.4 Å². The molecule has 0 saturated carbocycles. The number of fused-ring (bicyclic) bond motifs is 1. The number of imidazole rings is 1. The second-order valence-corrected chi connectivity index (χ2v) is 7.54. The van der Waals surface area contributed by atoms with Crippen molar-refractivity contribution >= 4 is 27.9 Å². The van der Waals surface area contributed by atoms with E-state index in [4.69, 9.17) is 0 Å². The first kappa shape index (κ1) is 17.4. The quantitative estimate of drug-likeness (QED) is 0.407. The molecule has 0 atom stereocenters. The number of para-hydroxylation sites is 1. The van der Waals surface area contributed by atoms with Crippen molar-refractivity contribution in [1.29, 1.82) is 0 Å². The average Bonchev–Trinajstić information content (AvgIpc) is 3.37. The van der Waals surface area contributed by atoms with Crippen molar-refractivity contribution in [2.75, 3.05) is 5.32 Å². The number of nitrogens with one attached hydrogen (secondary N) is 1. The fourth-order valence-electron chi connectivity index (χ4n) is 3.31. The van der Waals surface area contributed by atoms with Gasteiger partial charge in [-0.3, -0.25) is 9.20 Å². The van der Waals surface area contributed by atoms with Crippen LogP contribution in [0.15, 0.2) is 96.6 Å². The van der Waals surface area contributed by atoms with Gasteiger partial charge in [-0.1, -0.05) is 60.7 Å². The summed E-state index contributed by atoms with van der Waals surface area (Å²) in [7, 11) is 0. The SMILES string of the molecule is O=C(Nc1ccccc1-c1cn2ccsc2n1)c1ccc(-c2ccccc2)cc1. The Morgan fingerprint density at radius 1 is 0.862 bits per heavy atom. The van der Waals surface area contributed by atoms with Crippen LogP contribution in [0.3, 0.4) is 0 Å². The van der Waals surface area contributed by atoms with Crippen LogP contribution >= 0.6 is 11.3 Å². The molecule has 3 aromatic carbocycles. The molecule has 2 aromatic heterocycles. The highest BCUT2D eigenvalue weighted by Gasteiger charge is 2.13. The van der Waals surface area contributed by atoms with Gasteiger partial charge in [0.2, 0.25) is 0 Å². The highest BCUT2D eigenvalue weighted by Crippen LogP contribution is 2.29. The molecule has 0 aliphatic heterocycles. The molecule has 29 heavy (non-hydrogen) atoms. The van der Waals surface area contributed by atoms with Crippen LogP contribution in [-0.4, -0.2) is 15.3 Å². The predicted octanol–water partition coefficient (Wildman–Crippen LogP) is 5.98. The fourth-order valence-corrected chi connectivity index (χ4v) is 4.01. The summed E-state index contributed by atoms with van der Waals surface area (Å²) in [6, 6.07) is 25.5. The van der Waals surface area contributed by atoms with Gasteiger partial charge in [0, 0.05) is 28.9 Å². The number of anilines is 1. The summed E-state index contributed by atoms with van der Waals surface area (Å²) < 4.78 is 1.99. The van der Waals surface area contributed by atoms with Crippen molar-refractivity contribution in [2.24, 2.45) is 0 Å². The van der Waals surface area contributed by atoms with E-state index in [9.17, 15) is 4.79 Å². The summed E-state index contributed by atoms with van der Waals surface area (Å²) in [5.74, 6) is -0.141. The fraction of sp³-hybridized carbons (Fsp3) is 0. The second-order valence-electron chi connectivity index (χ2n) is 6.66. The van der Waals surface area contributed by atoms with Crippen LogP contribution in [0.2, 0.25) is 0 Å². The maximum absolute atomic E-state index is 12.8. The van der Waals surface area contributed by atoms with Crippen LogP contribution in [-0.2, 0) is 0 Å². The Hall–Kier alpha value is -3.70. The van der Waals surface area contributed by atoms with Crippen molar-refractivity contribution in [3.05, 3.63) is 102 Å². The maximum Gasteiger partial charge on any atom is 0.255 e. The molecule has 0 spiro atoms. The summed E-state index contributed by atoms with van der Waals surface area (Å²) >= 11 is 1.58. The van der Waals surface area contributed by atoms with E-state index in [2.05, 4.69) is 22.4 Å². The Kier molecular flexibility index (Phi) is 4.42. The minimum absolute atomic E-state index is 0.141. The van der Waals surface area contributed by atoms with E-state index in [-0.39, 0.29) is 5.91 Å². The number of amides is 1. The lowest BCUT2D eigenvalue weighted by molar-refractivity contribution is 0.102. The summed E-state index contributed by atoms with van der Waals surface area (Å²) in [6.45, 7) is 0. The first-order chi connectivity index (χ1) is 14.3. The van der Waals surface area contributed by atoms with Gasteiger partial charge in [-0.25, -0.2) is 4.98 Å². The van der Waals surface area contributed by atoms with Gasteiger partial charge in [0.05, 0.1) is 11.4 Å². The van der Waals surface area contributed by atoms with Crippen molar-refractivity contribution in [3.8, 4) is 22.4 Å². The summed E-state index contributed by atoms with van der Waals surface area (Å²) in [5, 5.41) is 5.04. The zero-order valence-electron chi connectivity index (χ0n) is 15.4. The van der Waals surface area contributed by atoms with Crippen LogP contribution in [0.4, 0.5) is 5.69 Å². The number of carbonyl (C=O) groups excluding carboxylic acids is 1. The standard InChI is InChI=1S/C24H17N3OS/c28-23(19-12-10-18(11-13-19)17-6-2-1-3-7-17)25-21-9-5-4-8-20(21)22-16-27-14-15-29-24(27)26-22/h1-16H,(H,25,28). The molecule has 0 aliphatic carbocycles. The van der Waals surface area contributed by atoms with E-state index in [0.29, 0.717) is 5.56 Å². The Morgan fingerprint density at radius 3 is 2.38 bits per heavy atom. The van der Waals surface area contributed by atoms with Crippen molar-refractivity contribution < 1.29 is 4.79 Å². The normalized spacial score (nSPS) is 10.9. The monoisotopic (exact) mass is 395 g/mol. The van der Waals surface area contributed by atoms with E-state index in [0.717, 1.165) is 33.0 Å². The Labute approximate surface area is 172 Å². The predicted molar refractivity (Wildman–Crippen MR) is 118 cm³/mol. The summed E-state index contributed by atoms with van der Waals surface area (Å²) in [5.41, 5.74) is 5.32. The molecule has 0 radical (unpaired) electrons. The van der Waals surface area contributed by atoms with Gasteiger partial charge in [-0.15, -0.1) is 11.3 Å². The topological polar surface area (TPSA) is 46.4 Å². The van der Waals surface area contributed by atoms with Crippen molar-refractivity contribution in [3.63, 3.8) is 0 Å². The molecular weight excluding hydrogens is 378 g/mol. The number of nitrogens with zero attached hydrogens (tertiary/aromatic N) is 2. The third-order valence-electron chi connectivity index (χ3n) is 4.80. The number of benzene rings is 3. The molecule has 1 N–H and O–H groups in total. The maximum atomic E-state index is 12.8. The molecule has 5 heteroatoms. The largest absolute Gasteiger partial charge is 0.321 e. The first-order valence-corrected chi connectivity index (χ1v) is 10.1. The van der Waals surface area contributed by atoms with E-state index < -0.39 is 0 Å². The number of carbonyl (C=O) groups is 1.